The van der Waals surface area contributed by atoms with Gasteiger partial charge in [-0.2, -0.15) is 0 Å². The molecule has 0 unspecified atom stereocenters. The molecule has 0 radical (unpaired) electrons. The molecule has 0 bridgehead atoms. The molecule has 70 valence electrons. The molecule has 0 aliphatic heterocycles. The molecule has 1 aliphatic carbocycles. The van der Waals surface area contributed by atoms with Crippen LogP contribution in [0.5, 0.6) is 0 Å². The predicted octanol–water partition coefficient (Wildman–Crippen LogP) is 2.41. The van der Waals surface area contributed by atoms with Gasteiger partial charge in [0.2, 0.25) is 0 Å². The lowest BCUT2D eigenvalue weighted by Crippen LogP contribution is -2.01. The van der Waals surface area contributed by atoms with Crippen molar-refractivity contribution >= 4 is 5.69 Å². The Kier molecular flexibility index (Phi) is 2.50. The van der Waals surface area contributed by atoms with Crippen molar-refractivity contribution in [2.24, 2.45) is 0 Å². The van der Waals surface area contributed by atoms with Crippen LogP contribution in [0, 0.1) is 0 Å². The molecule has 1 N–H and O–H groups in total. The zero-order valence-electron chi connectivity index (χ0n) is 7.92. The molecule has 1 fully saturated rings. The van der Waals surface area contributed by atoms with Crippen molar-refractivity contribution in [3.05, 3.63) is 29.8 Å². The summed E-state index contributed by atoms with van der Waals surface area (Å²) in [5.74, 6) is 0. The summed E-state index contributed by atoms with van der Waals surface area (Å²) in [6, 6.07) is 9.14. The minimum absolute atomic E-state index is 0.695. The molecular formula is C11H15NO. The highest BCUT2D eigenvalue weighted by Crippen LogP contribution is 2.24. The predicted molar refractivity (Wildman–Crippen MR) is 53.8 cm³/mol. The van der Waals surface area contributed by atoms with Gasteiger partial charge in [0.25, 0.3) is 0 Å². The van der Waals surface area contributed by atoms with E-state index in [4.69, 9.17) is 4.74 Å². The summed E-state index contributed by atoms with van der Waals surface area (Å²) in [5.41, 5.74) is 2.45. The standard InChI is InChI=1S/C11H15NO/c1-13-8-9-3-2-4-11(7-9)12-10-5-6-10/h2-4,7,10,12H,5-6,8H2,1H3. The number of methoxy groups -OCH3 is 1. The fourth-order valence-electron chi connectivity index (χ4n) is 1.38. The smallest absolute Gasteiger partial charge is 0.0713 e. The van der Waals surface area contributed by atoms with Crippen molar-refractivity contribution in [2.75, 3.05) is 12.4 Å². The highest BCUT2D eigenvalue weighted by atomic mass is 16.5. The van der Waals surface area contributed by atoms with Gasteiger partial charge in [-0.15, -0.1) is 0 Å². The molecule has 1 saturated carbocycles. The highest BCUT2D eigenvalue weighted by Gasteiger charge is 2.20. The van der Waals surface area contributed by atoms with Crippen LogP contribution in [0.25, 0.3) is 0 Å². The van der Waals surface area contributed by atoms with Gasteiger partial charge in [-0.3, -0.25) is 0 Å². The van der Waals surface area contributed by atoms with E-state index >= 15 is 0 Å². The van der Waals surface area contributed by atoms with Crippen molar-refractivity contribution in [3.8, 4) is 0 Å². The number of hydrogen-bond acceptors (Lipinski definition) is 2. The van der Waals surface area contributed by atoms with Gasteiger partial charge in [0.1, 0.15) is 0 Å². The molecule has 1 aliphatic rings. The fourth-order valence-corrected chi connectivity index (χ4v) is 1.38. The number of anilines is 1. The Morgan fingerprint density at radius 3 is 3.00 bits per heavy atom. The molecule has 13 heavy (non-hydrogen) atoms. The third kappa shape index (κ3) is 2.46. The second-order valence-electron chi connectivity index (χ2n) is 3.55. The van der Waals surface area contributed by atoms with Gasteiger partial charge in [0.05, 0.1) is 6.61 Å². The quantitative estimate of drug-likeness (QED) is 0.762. The van der Waals surface area contributed by atoms with Crippen LogP contribution < -0.4 is 5.32 Å². The molecule has 0 aromatic heterocycles. The third-order valence-corrected chi connectivity index (χ3v) is 2.19. The summed E-state index contributed by atoms with van der Waals surface area (Å²) in [4.78, 5) is 0. The molecule has 1 aromatic carbocycles. The van der Waals surface area contributed by atoms with Crippen LogP contribution in [0.15, 0.2) is 24.3 Å². The van der Waals surface area contributed by atoms with E-state index in [2.05, 4.69) is 29.6 Å². The number of ether oxygens (including phenoxy) is 1. The second kappa shape index (κ2) is 3.79. The first-order valence-corrected chi connectivity index (χ1v) is 4.73. The first-order valence-electron chi connectivity index (χ1n) is 4.73. The van der Waals surface area contributed by atoms with Crippen LogP contribution in [0.1, 0.15) is 18.4 Å². The number of nitrogens with one attached hydrogen (secondary N) is 1. The second-order valence-corrected chi connectivity index (χ2v) is 3.55. The summed E-state index contributed by atoms with van der Waals surface area (Å²) >= 11 is 0. The van der Waals surface area contributed by atoms with Crippen molar-refractivity contribution in [2.45, 2.75) is 25.5 Å². The maximum atomic E-state index is 5.08. The van der Waals surface area contributed by atoms with Crippen LogP contribution in [0.3, 0.4) is 0 Å². The number of hydrogen-bond donors (Lipinski definition) is 1. The summed E-state index contributed by atoms with van der Waals surface area (Å²) in [6.07, 6.45) is 2.63. The average molecular weight is 177 g/mol. The van der Waals surface area contributed by atoms with E-state index in [-0.39, 0.29) is 0 Å². The van der Waals surface area contributed by atoms with Crippen LogP contribution in [-0.2, 0) is 11.3 Å². The highest BCUT2D eigenvalue weighted by molar-refractivity contribution is 5.47. The Morgan fingerprint density at radius 1 is 1.46 bits per heavy atom. The summed E-state index contributed by atoms with van der Waals surface area (Å²) in [6.45, 7) is 0.695. The van der Waals surface area contributed by atoms with Crippen molar-refractivity contribution < 1.29 is 4.74 Å². The lowest BCUT2D eigenvalue weighted by molar-refractivity contribution is 0.185. The molecule has 0 atom stereocenters. The lowest BCUT2D eigenvalue weighted by Gasteiger charge is -2.06. The average Bonchev–Trinajstić information content (AvgIpc) is 2.90. The Morgan fingerprint density at radius 2 is 2.31 bits per heavy atom. The molecule has 0 heterocycles. The number of benzene rings is 1. The van der Waals surface area contributed by atoms with Crippen LogP contribution >= 0.6 is 0 Å². The van der Waals surface area contributed by atoms with Gasteiger partial charge in [-0.25, -0.2) is 0 Å². The van der Waals surface area contributed by atoms with Crippen molar-refractivity contribution in [1.29, 1.82) is 0 Å². The largest absolute Gasteiger partial charge is 0.382 e. The minimum Gasteiger partial charge on any atom is -0.382 e. The van der Waals surface area contributed by atoms with Crippen LogP contribution in [0.2, 0.25) is 0 Å². The van der Waals surface area contributed by atoms with Gasteiger partial charge >= 0.3 is 0 Å². The molecule has 2 rings (SSSR count). The molecule has 2 nitrogen and oxygen atoms in total. The van der Waals surface area contributed by atoms with Gasteiger partial charge in [-0.05, 0) is 30.5 Å². The first kappa shape index (κ1) is 8.57. The summed E-state index contributed by atoms with van der Waals surface area (Å²) < 4.78 is 5.08. The molecular weight excluding hydrogens is 162 g/mol. The molecule has 0 spiro atoms. The van der Waals surface area contributed by atoms with Gasteiger partial charge in [0.15, 0.2) is 0 Å². The Labute approximate surface area is 78.9 Å². The fraction of sp³-hybridized carbons (Fsp3) is 0.455. The van der Waals surface area contributed by atoms with Crippen LogP contribution in [-0.4, -0.2) is 13.2 Å². The number of rotatable bonds is 4. The summed E-state index contributed by atoms with van der Waals surface area (Å²) in [5, 5.41) is 3.46. The molecule has 1 aromatic rings. The maximum absolute atomic E-state index is 5.08. The van der Waals surface area contributed by atoms with E-state index in [1.807, 2.05) is 0 Å². The van der Waals surface area contributed by atoms with E-state index in [1.165, 1.54) is 24.1 Å². The monoisotopic (exact) mass is 177 g/mol. The van der Waals surface area contributed by atoms with Gasteiger partial charge in [-0.1, -0.05) is 12.1 Å². The molecule has 0 amide bonds. The SMILES string of the molecule is COCc1cccc(NC2CC2)c1. The maximum Gasteiger partial charge on any atom is 0.0713 e. The van der Waals surface area contributed by atoms with E-state index < -0.39 is 0 Å². The normalized spacial score (nSPS) is 15.8. The lowest BCUT2D eigenvalue weighted by atomic mass is 10.2. The third-order valence-electron chi connectivity index (χ3n) is 2.19. The van der Waals surface area contributed by atoms with E-state index in [0.717, 1.165) is 6.04 Å². The first-order chi connectivity index (χ1) is 6.38. The Balaban J connectivity index is 2.02. The zero-order chi connectivity index (χ0) is 9.10. The Hall–Kier alpha value is -1.02. The van der Waals surface area contributed by atoms with Crippen molar-refractivity contribution in [1.82, 2.24) is 0 Å². The van der Waals surface area contributed by atoms with E-state index in [1.54, 1.807) is 7.11 Å². The van der Waals surface area contributed by atoms with Gasteiger partial charge < -0.3 is 10.1 Å². The van der Waals surface area contributed by atoms with Gasteiger partial charge in [0, 0.05) is 18.8 Å². The van der Waals surface area contributed by atoms with Crippen LogP contribution in [0.4, 0.5) is 5.69 Å². The molecule has 2 heteroatoms. The minimum atomic E-state index is 0.695. The zero-order valence-corrected chi connectivity index (χ0v) is 7.92. The van der Waals surface area contributed by atoms with E-state index in [0.29, 0.717) is 6.61 Å². The Bertz CT molecular complexity index is 281. The summed E-state index contributed by atoms with van der Waals surface area (Å²) in [7, 11) is 1.72. The molecule has 0 saturated heterocycles. The van der Waals surface area contributed by atoms with Crippen molar-refractivity contribution in [3.63, 3.8) is 0 Å². The topological polar surface area (TPSA) is 21.3 Å². The van der Waals surface area contributed by atoms with E-state index in [9.17, 15) is 0 Å².